The molecule has 1 aliphatic heterocycles. The topological polar surface area (TPSA) is 84.4 Å². The first-order chi connectivity index (χ1) is 12.6. The van der Waals surface area contributed by atoms with Crippen molar-refractivity contribution < 1.29 is 18.7 Å². The number of halogens is 1. The highest BCUT2D eigenvalue weighted by Gasteiger charge is 2.24. The van der Waals surface area contributed by atoms with Crippen molar-refractivity contribution in [2.24, 2.45) is 0 Å². The first-order valence-corrected chi connectivity index (χ1v) is 9.18. The van der Waals surface area contributed by atoms with Gasteiger partial charge in [0.1, 0.15) is 11.3 Å². The predicted molar refractivity (Wildman–Crippen MR) is 94.2 cm³/mol. The lowest BCUT2D eigenvalue weighted by molar-refractivity contribution is -0.139. The van der Waals surface area contributed by atoms with Crippen LogP contribution in [0.4, 0.5) is 9.52 Å². The Kier molecular flexibility index (Phi) is 6.24. The molecule has 2 heterocycles. The fraction of sp³-hybridized carbons (Fsp3) is 0.412. The fourth-order valence-corrected chi connectivity index (χ4v) is 3.25. The number of nitrogens with one attached hydrogen (secondary N) is 1. The summed E-state index contributed by atoms with van der Waals surface area (Å²) < 4.78 is 19.0. The number of hydrogen-bond donors (Lipinski definition) is 1. The number of amides is 2. The minimum absolute atomic E-state index is 0.0876. The zero-order valence-corrected chi connectivity index (χ0v) is 14.9. The molecule has 1 aromatic carbocycles. The maximum absolute atomic E-state index is 13.3. The van der Waals surface area contributed by atoms with Gasteiger partial charge >= 0.3 is 0 Å². The van der Waals surface area contributed by atoms with Gasteiger partial charge in [-0.1, -0.05) is 23.5 Å². The fourth-order valence-electron chi connectivity index (χ4n) is 2.78. The third-order valence-corrected chi connectivity index (χ3v) is 4.62. The third kappa shape index (κ3) is 5.30. The summed E-state index contributed by atoms with van der Waals surface area (Å²) in [6.45, 7) is 1.37. The highest BCUT2D eigenvalue weighted by molar-refractivity contribution is 7.13. The molecule has 0 bridgehead atoms. The molecule has 26 heavy (non-hydrogen) atoms. The average Bonchev–Trinajstić information content (AvgIpc) is 3.13. The van der Waals surface area contributed by atoms with Crippen LogP contribution >= 0.6 is 11.3 Å². The summed E-state index contributed by atoms with van der Waals surface area (Å²) in [5, 5.41) is 10.4. The lowest BCUT2D eigenvalue weighted by Gasteiger charge is -2.33. The highest BCUT2D eigenvalue weighted by atomic mass is 32.1. The number of ether oxygens (including phenoxy) is 1. The molecule has 0 radical (unpaired) electrons. The van der Waals surface area contributed by atoms with E-state index in [4.69, 9.17) is 4.74 Å². The Morgan fingerprint density at radius 3 is 3.04 bits per heavy atom. The summed E-state index contributed by atoms with van der Waals surface area (Å²) in [6, 6.07) is 6.37. The zero-order valence-electron chi connectivity index (χ0n) is 14.1. The van der Waals surface area contributed by atoms with Gasteiger partial charge in [0.05, 0.1) is 12.7 Å². The highest BCUT2D eigenvalue weighted by Crippen LogP contribution is 2.15. The Labute approximate surface area is 154 Å². The van der Waals surface area contributed by atoms with Crippen LogP contribution in [0.5, 0.6) is 0 Å². The number of hydrogen-bond acceptors (Lipinski definition) is 6. The predicted octanol–water partition coefficient (Wildman–Crippen LogP) is 1.87. The van der Waals surface area contributed by atoms with E-state index in [0.717, 1.165) is 5.56 Å². The van der Waals surface area contributed by atoms with E-state index >= 15 is 0 Å². The van der Waals surface area contributed by atoms with Crippen molar-refractivity contribution in [3.63, 3.8) is 0 Å². The van der Waals surface area contributed by atoms with E-state index in [-0.39, 0.29) is 36.6 Å². The van der Waals surface area contributed by atoms with Gasteiger partial charge in [0.2, 0.25) is 16.9 Å². The van der Waals surface area contributed by atoms with Gasteiger partial charge in [-0.3, -0.25) is 9.59 Å². The van der Waals surface area contributed by atoms with E-state index in [9.17, 15) is 14.0 Å². The molecule has 2 aromatic rings. The van der Waals surface area contributed by atoms with Gasteiger partial charge in [0.15, 0.2) is 0 Å². The molecule has 0 aliphatic carbocycles. The summed E-state index contributed by atoms with van der Waals surface area (Å²) in [6.07, 6.45) is 0.575. The van der Waals surface area contributed by atoms with Crippen molar-refractivity contribution in [2.75, 3.05) is 25.0 Å². The van der Waals surface area contributed by atoms with Crippen LogP contribution in [0.1, 0.15) is 18.4 Å². The second-order valence-corrected chi connectivity index (χ2v) is 6.79. The second kappa shape index (κ2) is 8.81. The van der Waals surface area contributed by atoms with Crippen LogP contribution in [0.3, 0.4) is 0 Å². The monoisotopic (exact) mass is 378 g/mol. The van der Waals surface area contributed by atoms with Crippen molar-refractivity contribution in [2.45, 2.75) is 25.4 Å². The van der Waals surface area contributed by atoms with Crippen LogP contribution in [0, 0.1) is 5.82 Å². The van der Waals surface area contributed by atoms with Crippen molar-refractivity contribution in [3.8, 4) is 0 Å². The van der Waals surface area contributed by atoms with E-state index in [2.05, 4.69) is 15.5 Å². The van der Waals surface area contributed by atoms with Crippen LogP contribution in [-0.4, -0.2) is 52.7 Å². The van der Waals surface area contributed by atoms with Crippen LogP contribution in [0.15, 0.2) is 29.8 Å². The van der Waals surface area contributed by atoms with Crippen molar-refractivity contribution in [1.29, 1.82) is 0 Å². The van der Waals surface area contributed by atoms with Gasteiger partial charge in [0, 0.05) is 32.4 Å². The lowest BCUT2D eigenvalue weighted by atomic mass is 10.1. The minimum Gasteiger partial charge on any atom is -0.374 e. The smallest absolute Gasteiger partial charge is 0.226 e. The van der Waals surface area contributed by atoms with Crippen molar-refractivity contribution in [1.82, 2.24) is 15.1 Å². The van der Waals surface area contributed by atoms with Crippen molar-refractivity contribution in [3.05, 3.63) is 41.2 Å². The lowest BCUT2D eigenvalue weighted by Crippen LogP contribution is -2.46. The maximum atomic E-state index is 13.3. The SMILES string of the molecule is O=C(CCC(=O)N1CCO[C@H](Cc2cccc(F)c2)C1)Nc1nncs1. The van der Waals surface area contributed by atoms with E-state index in [1.165, 1.54) is 29.0 Å². The summed E-state index contributed by atoms with van der Waals surface area (Å²) >= 11 is 1.22. The Morgan fingerprint density at radius 2 is 2.27 bits per heavy atom. The molecule has 2 amide bonds. The Morgan fingerprint density at radius 1 is 1.38 bits per heavy atom. The standard InChI is InChI=1S/C17H19FN4O3S/c18-13-3-1-2-12(8-13)9-14-10-22(6-7-25-14)16(24)5-4-15(23)20-17-21-19-11-26-17/h1-3,8,11,14H,4-7,9-10H2,(H,20,21,23)/t14-/m1/s1. The summed E-state index contributed by atoms with van der Waals surface area (Å²) in [5.41, 5.74) is 2.36. The molecule has 1 N–H and O–H groups in total. The number of aromatic nitrogens is 2. The molecular weight excluding hydrogens is 359 g/mol. The molecule has 3 rings (SSSR count). The normalized spacial score (nSPS) is 17.1. The van der Waals surface area contributed by atoms with Crippen molar-refractivity contribution >= 4 is 28.3 Å². The molecule has 0 unspecified atom stereocenters. The largest absolute Gasteiger partial charge is 0.374 e. The van der Waals surface area contributed by atoms with E-state index in [1.807, 2.05) is 6.07 Å². The van der Waals surface area contributed by atoms with Gasteiger partial charge in [-0.2, -0.15) is 0 Å². The van der Waals surface area contributed by atoms with E-state index in [0.29, 0.717) is 31.2 Å². The molecular formula is C17H19FN4O3S. The van der Waals surface area contributed by atoms with Crippen LogP contribution in [0.25, 0.3) is 0 Å². The zero-order chi connectivity index (χ0) is 18.4. The average molecular weight is 378 g/mol. The molecule has 1 aromatic heterocycles. The van der Waals surface area contributed by atoms with Gasteiger partial charge < -0.3 is 15.0 Å². The molecule has 0 saturated carbocycles. The second-order valence-electron chi connectivity index (χ2n) is 5.96. The first kappa shape index (κ1) is 18.4. The number of anilines is 1. The van der Waals surface area contributed by atoms with Gasteiger partial charge in [-0.15, -0.1) is 10.2 Å². The number of nitrogens with zero attached hydrogens (tertiary/aromatic N) is 3. The molecule has 1 atom stereocenters. The number of morpholine rings is 1. The van der Waals surface area contributed by atoms with Gasteiger partial charge in [-0.05, 0) is 17.7 Å². The van der Waals surface area contributed by atoms with Gasteiger partial charge in [0.25, 0.3) is 0 Å². The Hall–Kier alpha value is -2.39. The molecule has 7 nitrogen and oxygen atoms in total. The van der Waals surface area contributed by atoms with Crippen LogP contribution in [0.2, 0.25) is 0 Å². The molecule has 1 aliphatic rings. The maximum Gasteiger partial charge on any atom is 0.226 e. The quantitative estimate of drug-likeness (QED) is 0.830. The summed E-state index contributed by atoms with van der Waals surface area (Å²) in [4.78, 5) is 25.9. The molecule has 1 saturated heterocycles. The minimum atomic E-state index is -0.285. The number of rotatable bonds is 6. The summed E-state index contributed by atoms with van der Waals surface area (Å²) in [5.74, 6) is -0.641. The van der Waals surface area contributed by atoms with Gasteiger partial charge in [-0.25, -0.2) is 4.39 Å². The Bertz CT molecular complexity index is 756. The van der Waals surface area contributed by atoms with Crippen LogP contribution in [-0.2, 0) is 20.7 Å². The van der Waals surface area contributed by atoms with E-state index in [1.54, 1.807) is 11.0 Å². The molecule has 1 fully saturated rings. The molecule has 9 heteroatoms. The first-order valence-electron chi connectivity index (χ1n) is 8.30. The number of carbonyl (C=O) groups excluding carboxylic acids is 2. The third-order valence-electron chi connectivity index (χ3n) is 4.02. The molecule has 138 valence electrons. The van der Waals surface area contributed by atoms with Crippen LogP contribution < -0.4 is 5.32 Å². The summed E-state index contributed by atoms with van der Waals surface area (Å²) in [7, 11) is 0. The number of carbonyl (C=O) groups is 2. The molecule has 0 spiro atoms. The number of benzene rings is 1. The Balaban J connectivity index is 1.46. The van der Waals surface area contributed by atoms with E-state index < -0.39 is 0 Å².